The van der Waals surface area contributed by atoms with Gasteiger partial charge in [-0.1, -0.05) is 18.2 Å². The molecule has 1 aliphatic rings. The van der Waals surface area contributed by atoms with Crippen LogP contribution < -0.4 is 15.1 Å². The molecule has 184 valence electrons. The van der Waals surface area contributed by atoms with Crippen molar-refractivity contribution in [3.05, 3.63) is 94.8 Å². The second kappa shape index (κ2) is 10.9. The second-order valence-electron chi connectivity index (χ2n) is 9.51. The molecule has 0 saturated carbocycles. The van der Waals surface area contributed by atoms with Crippen molar-refractivity contribution >= 4 is 17.3 Å². The van der Waals surface area contributed by atoms with Gasteiger partial charge in [-0.3, -0.25) is 9.69 Å². The fourth-order valence-corrected chi connectivity index (χ4v) is 4.57. The van der Waals surface area contributed by atoms with Crippen LogP contribution in [-0.2, 0) is 0 Å². The Balaban J connectivity index is 1.48. The van der Waals surface area contributed by atoms with Gasteiger partial charge in [-0.2, -0.15) is 0 Å². The zero-order chi connectivity index (χ0) is 24.9. The maximum absolute atomic E-state index is 13.3. The Bertz CT molecular complexity index is 1140. The summed E-state index contributed by atoms with van der Waals surface area (Å²) in [6, 6.07) is 21.2. The molecule has 3 aromatic carbocycles. The summed E-state index contributed by atoms with van der Waals surface area (Å²) in [6.45, 7) is 8.03. The van der Waals surface area contributed by atoms with E-state index < -0.39 is 0 Å². The van der Waals surface area contributed by atoms with E-state index in [1.165, 1.54) is 23.3 Å². The molecule has 1 aliphatic heterocycles. The third-order valence-corrected chi connectivity index (χ3v) is 6.97. The van der Waals surface area contributed by atoms with Crippen molar-refractivity contribution in [2.24, 2.45) is 0 Å². The minimum Gasteiger partial charge on any atom is -0.378 e. The molecule has 1 saturated heterocycles. The van der Waals surface area contributed by atoms with Gasteiger partial charge in [0, 0.05) is 63.8 Å². The van der Waals surface area contributed by atoms with Crippen LogP contribution in [0.2, 0.25) is 0 Å². The lowest BCUT2D eigenvalue weighted by atomic mass is 10.0. The van der Waals surface area contributed by atoms with E-state index >= 15 is 0 Å². The Morgan fingerprint density at radius 2 is 1.57 bits per heavy atom. The van der Waals surface area contributed by atoms with Crippen LogP contribution in [0.1, 0.15) is 33.1 Å². The van der Waals surface area contributed by atoms with Crippen molar-refractivity contribution in [1.29, 1.82) is 0 Å². The van der Waals surface area contributed by atoms with Crippen LogP contribution in [0.4, 0.5) is 15.8 Å². The molecule has 0 aliphatic carbocycles. The molecule has 35 heavy (non-hydrogen) atoms. The highest BCUT2D eigenvalue weighted by Gasteiger charge is 2.26. The van der Waals surface area contributed by atoms with Crippen molar-refractivity contribution in [3.8, 4) is 0 Å². The highest BCUT2D eigenvalue weighted by molar-refractivity contribution is 5.94. The third kappa shape index (κ3) is 6.01. The molecule has 1 N–H and O–H groups in total. The molecule has 6 heteroatoms. The monoisotopic (exact) mass is 474 g/mol. The molecule has 5 nitrogen and oxygen atoms in total. The van der Waals surface area contributed by atoms with Gasteiger partial charge in [0.1, 0.15) is 5.82 Å². The van der Waals surface area contributed by atoms with Gasteiger partial charge in [-0.05, 0) is 79.1 Å². The van der Waals surface area contributed by atoms with Gasteiger partial charge in [0.05, 0.1) is 6.04 Å². The SMILES string of the molecule is Cc1ccc(C(=O)NC[C@@H](c2ccc(N(C)C)cc2)N2CCN(c3ccc(F)cc3)CC2)cc1C. The van der Waals surface area contributed by atoms with Gasteiger partial charge in [0.25, 0.3) is 5.91 Å². The number of carbonyl (C=O) groups is 1. The Kier molecular flexibility index (Phi) is 7.71. The number of nitrogens with one attached hydrogen (secondary N) is 1. The first-order chi connectivity index (χ1) is 16.8. The first-order valence-corrected chi connectivity index (χ1v) is 12.2. The number of aryl methyl sites for hydroxylation is 2. The molecule has 1 heterocycles. The number of hydrogen-bond donors (Lipinski definition) is 1. The topological polar surface area (TPSA) is 38.8 Å². The Hall–Kier alpha value is -3.38. The van der Waals surface area contributed by atoms with Gasteiger partial charge in [-0.15, -0.1) is 0 Å². The van der Waals surface area contributed by atoms with Crippen LogP contribution in [0.25, 0.3) is 0 Å². The predicted octanol–water partition coefficient (Wildman–Crippen LogP) is 4.80. The zero-order valence-electron chi connectivity index (χ0n) is 21.1. The van der Waals surface area contributed by atoms with E-state index in [2.05, 4.69) is 51.2 Å². The summed E-state index contributed by atoms with van der Waals surface area (Å²) in [5.74, 6) is -0.263. The fourth-order valence-electron chi connectivity index (χ4n) is 4.57. The average molecular weight is 475 g/mol. The number of amides is 1. The highest BCUT2D eigenvalue weighted by atomic mass is 19.1. The van der Waals surface area contributed by atoms with Crippen molar-refractivity contribution in [2.75, 3.05) is 56.6 Å². The van der Waals surface area contributed by atoms with Crippen LogP contribution in [0.3, 0.4) is 0 Å². The van der Waals surface area contributed by atoms with Gasteiger partial charge >= 0.3 is 0 Å². The molecule has 0 spiro atoms. The summed E-state index contributed by atoms with van der Waals surface area (Å²) in [7, 11) is 4.07. The number of piperazine rings is 1. The van der Waals surface area contributed by atoms with E-state index in [9.17, 15) is 9.18 Å². The highest BCUT2D eigenvalue weighted by Crippen LogP contribution is 2.26. The summed E-state index contributed by atoms with van der Waals surface area (Å²) in [6.07, 6.45) is 0. The van der Waals surface area contributed by atoms with E-state index in [4.69, 9.17) is 0 Å². The first-order valence-electron chi connectivity index (χ1n) is 12.2. The van der Waals surface area contributed by atoms with Gasteiger partial charge in [0.15, 0.2) is 0 Å². The fraction of sp³-hybridized carbons (Fsp3) is 0.345. The second-order valence-corrected chi connectivity index (χ2v) is 9.51. The maximum atomic E-state index is 13.3. The average Bonchev–Trinajstić information content (AvgIpc) is 2.87. The summed E-state index contributed by atoms with van der Waals surface area (Å²) in [4.78, 5) is 19.8. The van der Waals surface area contributed by atoms with E-state index in [0.717, 1.165) is 43.1 Å². The Labute approximate surface area is 208 Å². The largest absolute Gasteiger partial charge is 0.378 e. The quantitative estimate of drug-likeness (QED) is 0.534. The summed E-state index contributed by atoms with van der Waals surface area (Å²) >= 11 is 0. The molecule has 0 bridgehead atoms. The maximum Gasteiger partial charge on any atom is 0.251 e. The molecule has 1 atom stereocenters. The lowest BCUT2D eigenvalue weighted by Gasteiger charge is -2.40. The predicted molar refractivity (Wildman–Crippen MR) is 142 cm³/mol. The number of halogens is 1. The summed E-state index contributed by atoms with van der Waals surface area (Å²) < 4.78 is 13.3. The van der Waals surface area contributed by atoms with E-state index in [-0.39, 0.29) is 17.8 Å². The third-order valence-electron chi connectivity index (χ3n) is 6.97. The van der Waals surface area contributed by atoms with Crippen molar-refractivity contribution < 1.29 is 9.18 Å². The van der Waals surface area contributed by atoms with Crippen LogP contribution >= 0.6 is 0 Å². The number of nitrogens with zero attached hydrogens (tertiary/aromatic N) is 3. The smallest absolute Gasteiger partial charge is 0.251 e. The van der Waals surface area contributed by atoms with E-state index in [1.807, 2.05) is 51.4 Å². The summed E-state index contributed by atoms with van der Waals surface area (Å²) in [5.41, 5.74) is 6.36. The molecule has 3 aromatic rings. The Morgan fingerprint density at radius 3 is 2.17 bits per heavy atom. The van der Waals surface area contributed by atoms with Crippen molar-refractivity contribution in [3.63, 3.8) is 0 Å². The number of benzene rings is 3. The lowest BCUT2D eigenvalue weighted by molar-refractivity contribution is 0.0930. The van der Waals surface area contributed by atoms with Gasteiger partial charge < -0.3 is 15.1 Å². The van der Waals surface area contributed by atoms with E-state index in [0.29, 0.717) is 12.1 Å². The van der Waals surface area contributed by atoms with Crippen LogP contribution in [0, 0.1) is 19.7 Å². The van der Waals surface area contributed by atoms with Crippen molar-refractivity contribution in [1.82, 2.24) is 10.2 Å². The lowest BCUT2D eigenvalue weighted by Crippen LogP contribution is -2.50. The first kappa shape index (κ1) is 24.7. The molecule has 4 rings (SSSR count). The number of rotatable bonds is 7. The molecule has 0 aromatic heterocycles. The Morgan fingerprint density at radius 1 is 0.914 bits per heavy atom. The van der Waals surface area contributed by atoms with Crippen LogP contribution in [0.15, 0.2) is 66.7 Å². The minimum absolute atomic E-state index is 0.0482. The van der Waals surface area contributed by atoms with E-state index in [1.54, 1.807) is 0 Å². The molecule has 0 radical (unpaired) electrons. The normalized spacial score (nSPS) is 15.1. The van der Waals surface area contributed by atoms with Gasteiger partial charge in [-0.25, -0.2) is 4.39 Å². The number of hydrogen-bond acceptors (Lipinski definition) is 4. The van der Waals surface area contributed by atoms with Gasteiger partial charge in [0.2, 0.25) is 0 Å². The van der Waals surface area contributed by atoms with Crippen LogP contribution in [-0.4, -0.2) is 57.6 Å². The standard InChI is InChI=1S/C29H35FN4O/c1-21-5-6-24(19-22(21)2)29(35)31-20-28(23-7-11-26(12-8-23)32(3)4)34-17-15-33(16-18-34)27-13-9-25(30)10-14-27/h5-14,19,28H,15-18,20H2,1-4H3,(H,31,35)/t28-/m0/s1. The van der Waals surface area contributed by atoms with Crippen LogP contribution in [0.5, 0.6) is 0 Å². The zero-order valence-corrected chi connectivity index (χ0v) is 21.1. The summed E-state index contributed by atoms with van der Waals surface area (Å²) in [5, 5.41) is 3.18. The molecule has 0 unspecified atom stereocenters. The molecule has 1 fully saturated rings. The van der Waals surface area contributed by atoms with Crippen molar-refractivity contribution in [2.45, 2.75) is 19.9 Å². The molecular weight excluding hydrogens is 439 g/mol. The molecular formula is C29H35FN4O. The molecule has 1 amide bonds. The number of carbonyl (C=O) groups excluding carboxylic acids is 1. The minimum atomic E-state index is -0.215. The number of anilines is 2.